The number of benzene rings is 1. The average Bonchev–Trinajstić information content (AvgIpc) is 3.12. The Morgan fingerprint density at radius 1 is 1.23 bits per heavy atom. The fourth-order valence-electron chi connectivity index (χ4n) is 2.07. The molecule has 0 unspecified atom stereocenters. The van der Waals surface area contributed by atoms with Gasteiger partial charge in [-0.2, -0.15) is 5.26 Å². The van der Waals surface area contributed by atoms with E-state index < -0.39 is 0 Å². The maximum Gasteiger partial charge on any atom is 0.232 e. The Morgan fingerprint density at radius 2 is 2.05 bits per heavy atom. The summed E-state index contributed by atoms with van der Waals surface area (Å²) in [7, 11) is 0. The van der Waals surface area contributed by atoms with Gasteiger partial charge in [-0.15, -0.1) is 0 Å². The maximum atomic E-state index is 13.7. The fourth-order valence-corrected chi connectivity index (χ4v) is 2.07. The Labute approximate surface area is 126 Å². The predicted octanol–water partition coefficient (Wildman–Crippen LogP) is 3.87. The lowest BCUT2D eigenvalue weighted by molar-refractivity contribution is 0.509. The van der Waals surface area contributed by atoms with Gasteiger partial charge >= 0.3 is 0 Å². The molecule has 0 aliphatic rings. The van der Waals surface area contributed by atoms with Crippen molar-refractivity contribution in [1.82, 2.24) is 4.98 Å². The van der Waals surface area contributed by atoms with Gasteiger partial charge in [-0.25, -0.2) is 9.37 Å². The van der Waals surface area contributed by atoms with Gasteiger partial charge in [-0.1, -0.05) is 12.1 Å². The summed E-state index contributed by atoms with van der Waals surface area (Å²) in [5.74, 6) is 1.41. The zero-order valence-corrected chi connectivity index (χ0v) is 11.8. The van der Waals surface area contributed by atoms with E-state index in [0.29, 0.717) is 35.4 Å². The second-order valence-corrected chi connectivity index (χ2v) is 4.62. The van der Waals surface area contributed by atoms with E-state index in [9.17, 15) is 4.39 Å². The lowest BCUT2D eigenvalue weighted by Crippen LogP contribution is -1.98. The average molecular weight is 297 g/mol. The summed E-state index contributed by atoms with van der Waals surface area (Å²) >= 11 is 0. The monoisotopic (exact) mass is 297 g/mol. The lowest BCUT2D eigenvalue weighted by atomic mass is 10.1. The van der Waals surface area contributed by atoms with Gasteiger partial charge in [0, 0.05) is 6.92 Å². The van der Waals surface area contributed by atoms with Crippen molar-refractivity contribution in [2.75, 3.05) is 5.32 Å². The van der Waals surface area contributed by atoms with Crippen molar-refractivity contribution in [2.24, 2.45) is 0 Å². The van der Waals surface area contributed by atoms with E-state index in [-0.39, 0.29) is 11.5 Å². The highest BCUT2D eigenvalue weighted by molar-refractivity contribution is 5.58. The number of nitrogens with zero attached hydrogens (tertiary/aromatic N) is 2. The molecule has 0 saturated carbocycles. The Balaban J connectivity index is 1.75. The second-order valence-electron chi connectivity index (χ2n) is 4.62. The van der Waals surface area contributed by atoms with Crippen LogP contribution in [-0.2, 0) is 6.54 Å². The maximum absolute atomic E-state index is 13.7. The Kier molecular flexibility index (Phi) is 3.62. The first-order valence-electron chi connectivity index (χ1n) is 6.62. The molecular formula is C16H12FN3O2. The van der Waals surface area contributed by atoms with E-state index in [1.54, 1.807) is 37.3 Å². The molecule has 0 bridgehead atoms. The predicted molar refractivity (Wildman–Crippen MR) is 77.4 cm³/mol. The van der Waals surface area contributed by atoms with Gasteiger partial charge in [0.25, 0.3) is 0 Å². The van der Waals surface area contributed by atoms with E-state index in [0.717, 1.165) is 0 Å². The summed E-state index contributed by atoms with van der Waals surface area (Å²) in [5, 5.41) is 11.9. The van der Waals surface area contributed by atoms with E-state index in [4.69, 9.17) is 14.1 Å². The SMILES string of the molecule is Cc1nc(C#N)c(NCc2ccc(-c3ccccc3F)o2)o1. The van der Waals surface area contributed by atoms with Crippen LogP contribution in [0.3, 0.4) is 0 Å². The summed E-state index contributed by atoms with van der Waals surface area (Å²) < 4.78 is 24.6. The second kappa shape index (κ2) is 5.74. The third-order valence-corrected chi connectivity index (χ3v) is 3.06. The zero-order valence-electron chi connectivity index (χ0n) is 11.8. The first kappa shape index (κ1) is 13.9. The zero-order chi connectivity index (χ0) is 15.5. The number of hydrogen-bond acceptors (Lipinski definition) is 5. The number of rotatable bonds is 4. The molecule has 110 valence electrons. The number of nitriles is 1. The third-order valence-electron chi connectivity index (χ3n) is 3.06. The van der Waals surface area contributed by atoms with Gasteiger partial charge in [-0.05, 0) is 24.3 Å². The van der Waals surface area contributed by atoms with Gasteiger partial charge in [0.15, 0.2) is 5.89 Å². The minimum atomic E-state index is -0.339. The number of oxazole rings is 1. The van der Waals surface area contributed by atoms with E-state index in [2.05, 4.69) is 10.3 Å². The number of aromatic nitrogens is 1. The van der Waals surface area contributed by atoms with Gasteiger partial charge < -0.3 is 14.2 Å². The van der Waals surface area contributed by atoms with Gasteiger partial charge in [0.2, 0.25) is 11.6 Å². The van der Waals surface area contributed by atoms with Crippen molar-refractivity contribution < 1.29 is 13.2 Å². The minimum absolute atomic E-state index is 0.193. The minimum Gasteiger partial charge on any atom is -0.459 e. The normalized spacial score (nSPS) is 10.4. The van der Waals surface area contributed by atoms with Gasteiger partial charge in [0.1, 0.15) is 23.4 Å². The molecule has 0 atom stereocenters. The Morgan fingerprint density at radius 3 is 2.82 bits per heavy atom. The summed E-state index contributed by atoms with van der Waals surface area (Å²) in [6.07, 6.45) is 0. The number of anilines is 1. The Bertz CT molecular complexity index is 845. The number of halogens is 1. The van der Waals surface area contributed by atoms with Crippen molar-refractivity contribution in [3.63, 3.8) is 0 Å². The molecule has 6 heteroatoms. The first-order chi connectivity index (χ1) is 10.7. The molecule has 1 aromatic carbocycles. The molecule has 0 fully saturated rings. The highest BCUT2D eigenvalue weighted by Gasteiger charge is 2.12. The van der Waals surface area contributed by atoms with E-state index in [1.165, 1.54) is 6.07 Å². The summed E-state index contributed by atoms with van der Waals surface area (Å²) in [6, 6.07) is 11.8. The van der Waals surface area contributed by atoms with Crippen molar-refractivity contribution in [3.05, 3.63) is 59.6 Å². The fraction of sp³-hybridized carbons (Fsp3) is 0.125. The molecule has 0 radical (unpaired) electrons. The summed E-state index contributed by atoms with van der Waals surface area (Å²) in [6.45, 7) is 1.97. The lowest BCUT2D eigenvalue weighted by Gasteiger charge is -2.01. The topological polar surface area (TPSA) is 75.0 Å². The van der Waals surface area contributed by atoms with Crippen LogP contribution in [0, 0.1) is 24.1 Å². The Hall–Kier alpha value is -3.07. The van der Waals surface area contributed by atoms with Crippen LogP contribution < -0.4 is 5.32 Å². The first-order valence-corrected chi connectivity index (χ1v) is 6.62. The molecule has 0 spiro atoms. The van der Waals surface area contributed by atoms with Crippen LogP contribution >= 0.6 is 0 Å². The van der Waals surface area contributed by atoms with E-state index >= 15 is 0 Å². The van der Waals surface area contributed by atoms with Crippen molar-refractivity contribution in [1.29, 1.82) is 5.26 Å². The van der Waals surface area contributed by atoms with Gasteiger partial charge in [-0.3, -0.25) is 0 Å². The molecular weight excluding hydrogens is 285 g/mol. The molecule has 0 amide bonds. The third kappa shape index (κ3) is 2.69. The quantitative estimate of drug-likeness (QED) is 0.791. The molecule has 2 aromatic heterocycles. The number of furan rings is 1. The van der Waals surface area contributed by atoms with Crippen LogP contribution in [0.25, 0.3) is 11.3 Å². The van der Waals surface area contributed by atoms with Crippen LogP contribution in [0.1, 0.15) is 17.3 Å². The largest absolute Gasteiger partial charge is 0.459 e. The highest BCUT2D eigenvalue weighted by Crippen LogP contribution is 2.25. The smallest absolute Gasteiger partial charge is 0.232 e. The van der Waals surface area contributed by atoms with Crippen molar-refractivity contribution >= 4 is 5.88 Å². The van der Waals surface area contributed by atoms with Crippen LogP contribution in [0.4, 0.5) is 10.3 Å². The van der Waals surface area contributed by atoms with Crippen LogP contribution in [0.5, 0.6) is 0 Å². The van der Waals surface area contributed by atoms with Crippen LogP contribution in [0.15, 0.2) is 45.2 Å². The van der Waals surface area contributed by atoms with Crippen LogP contribution in [0.2, 0.25) is 0 Å². The van der Waals surface area contributed by atoms with Crippen molar-refractivity contribution in [2.45, 2.75) is 13.5 Å². The molecule has 3 rings (SSSR count). The molecule has 5 nitrogen and oxygen atoms in total. The molecule has 0 aliphatic carbocycles. The van der Waals surface area contributed by atoms with Crippen LogP contribution in [-0.4, -0.2) is 4.98 Å². The molecule has 0 saturated heterocycles. The van der Waals surface area contributed by atoms with Crippen molar-refractivity contribution in [3.8, 4) is 17.4 Å². The molecule has 22 heavy (non-hydrogen) atoms. The summed E-state index contributed by atoms with van der Waals surface area (Å²) in [5.41, 5.74) is 0.598. The van der Waals surface area contributed by atoms with E-state index in [1.807, 2.05) is 6.07 Å². The number of aryl methyl sites for hydroxylation is 1. The summed E-state index contributed by atoms with van der Waals surface area (Å²) in [4.78, 5) is 3.94. The number of nitrogens with one attached hydrogen (secondary N) is 1. The molecule has 1 N–H and O–H groups in total. The number of hydrogen-bond donors (Lipinski definition) is 1. The molecule has 3 aromatic rings. The highest BCUT2D eigenvalue weighted by atomic mass is 19.1. The standard InChI is InChI=1S/C16H12FN3O2/c1-10-20-14(8-18)16(21-10)19-9-11-6-7-15(22-11)12-4-2-3-5-13(12)17/h2-7,19H,9H2,1H3. The molecule has 2 heterocycles. The van der Waals surface area contributed by atoms with Gasteiger partial charge in [0.05, 0.1) is 12.1 Å². The molecule has 0 aliphatic heterocycles.